The zero-order valence-electron chi connectivity index (χ0n) is 12.0. The van der Waals surface area contributed by atoms with Crippen molar-refractivity contribution in [1.29, 1.82) is 0 Å². The first-order valence-corrected chi connectivity index (χ1v) is 6.85. The van der Waals surface area contributed by atoms with E-state index in [2.05, 4.69) is 10.2 Å². The number of hydrogen-bond acceptors (Lipinski definition) is 3. The van der Waals surface area contributed by atoms with Crippen molar-refractivity contribution in [2.75, 3.05) is 0 Å². The zero-order chi connectivity index (χ0) is 14.8. The van der Waals surface area contributed by atoms with E-state index in [0.717, 1.165) is 27.6 Å². The molecule has 0 saturated carbocycles. The first-order valence-electron chi connectivity index (χ1n) is 6.85. The summed E-state index contributed by atoms with van der Waals surface area (Å²) in [7, 11) is 0. The summed E-state index contributed by atoms with van der Waals surface area (Å²) in [5.41, 5.74) is 3.53. The molecule has 0 aromatic heterocycles. The largest absolute Gasteiger partial charge is 0.506 e. The second-order valence-corrected chi connectivity index (χ2v) is 5.14. The van der Waals surface area contributed by atoms with Crippen molar-refractivity contribution < 1.29 is 5.11 Å². The Morgan fingerprint density at radius 2 is 1.67 bits per heavy atom. The van der Waals surface area contributed by atoms with E-state index in [1.165, 1.54) is 0 Å². The van der Waals surface area contributed by atoms with Crippen LogP contribution in [0.15, 0.2) is 64.8 Å². The molecule has 0 atom stereocenters. The maximum absolute atomic E-state index is 10.1. The summed E-state index contributed by atoms with van der Waals surface area (Å²) < 4.78 is 0. The van der Waals surface area contributed by atoms with Gasteiger partial charge in [-0.2, -0.15) is 5.11 Å². The minimum Gasteiger partial charge on any atom is -0.506 e. The summed E-state index contributed by atoms with van der Waals surface area (Å²) in [6.07, 6.45) is 0. The van der Waals surface area contributed by atoms with E-state index in [1.54, 1.807) is 6.07 Å². The number of azo groups is 1. The van der Waals surface area contributed by atoms with Crippen LogP contribution in [-0.4, -0.2) is 5.11 Å². The normalized spacial score (nSPS) is 11.3. The van der Waals surface area contributed by atoms with Gasteiger partial charge in [0.1, 0.15) is 11.4 Å². The minimum atomic E-state index is 0.141. The van der Waals surface area contributed by atoms with Gasteiger partial charge in [-0.15, -0.1) is 5.11 Å². The first kappa shape index (κ1) is 13.3. The lowest BCUT2D eigenvalue weighted by Gasteiger charge is -2.04. The molecule has 1 N–H and O–H groups in total. The van der Waals surface area contributed by atoms with Gasteiger partial charge in [0, 0.05) is 5.39 Å². The van der Waals surface area contributed by atoms with E-state index in [1.807, 2.05) is 62.4 Å². The van der Waals surface area contributed by atoms with Crippen LogP contribution >= 0.6 is 0 Å². The summed E-state index contributed by atoms with van der Waals surface area (Å²) >= 11 is 0. The summed E-state index contributed by atoms with van der Waals surface area (Å²) in [6.45, 7) is 4.02. The van der Waals surface area contributed by atoms with Gasteiger partial charge in [0.15, 0.2) is 0 Å². The van der Waals surface area contributed by atoms with Crippen molar-refractivity contribution in [3.05, 3.63) is 65.7 Å². The van der Waals surface area contributed by atoms with E-state index in [4.69, 9.17) is 0 Å². The Labute approximate surface area is 123 Å². The molecule has 0 spiro atoms. The Morgan fingerprint density at radius 3 is 2.52 bits per heavy atom. The Kier molecular flexibility index (Phi) is 3.40. The predicted octanol–water partition coefficient (Wildman–Crippen LogP) is 5.58. The van der Waals surface area contributed by atoms with Gasteiger partial charge >= 0.3 is 0 Å². The van der Waals surface area contributed by atoms with Crippen molar-refractivity contribution in [2.45, 2.75) is 13.8 Å². The summed E-state index contributed by atoms with van der Waals surface area (Å²) in [5.74, 6) is 0.141. The Balaban J connectivity index is 2.11. The van der Waals surface area contributed by atoms with Crippen molar-refractivity contribution in [3.8, 4) is 5.75 Å². The number of fused-ring (bicyclic) bond motifs is 1. The third-order valence-electron chi connectivity index (χ3n) is 3.50. The van der Waals surface area contributed by atoms with E-state index in [-0.39, 0.29) is 5.75 Å². The Morgan fingerprint density at radius 1 is 0.857 bits per heavy atom. The molecule has 104 valence electrons. The average Bonchev–Trinajstić information content (AvgIpc) is 2.49. The lowest BCUT2D eigenvalue weighted by Crippen LogP contribution is -1.77. The number of aromatic hydroxyl groups is 1. The van der Waals surface area contributed by atoms with E-state index in [0.29, 0.717) is 5.69 Å². The van der Waals surface area contributed by atoms with Gasteiger partial charge in [-0.1, -0.05) is 42.5 Å². The highest BCUT2D eigenvalue weighted by atomic mass is 16.3. The molecule has 0 amide bonds. The fraction of sp³-hybridized carbons (Fsp3) is 0.111. The van der Waals surface area contributed by atoms with Gasteiger partial charge in [-0.05, 0) is 42.5 Å². The molecule has 0 aliphatic carbocycles. The van der Waals surface area contributed by atoms with Gasteiger partial charge in [0.25, 0.3) is 0 Å². The molecule has 0 unspecified atom stereocenters. The lowest BCUT2D eigenvalue weighted by atomic mass is 10.1. The number of rotatable bonds is 2. The number of benzene rings is 3. The number of hydrogen-bond donors (Lipinski definition) is 1. The highest BCUT2D eigenvalue weighted by Gasteiger charge is 2.06. The SMILES string of the molecule is Cc1ccc(C)c(/N=N/c2c(O)ccc3ccccc23)c1. The molecule has 3 nitrogen and oxygen atoms in total. The molecule has 0 fully saturated rings. The van der Waals surface area contributed by atoms with Crippen LogP contribution in [0.4, 0.5) is 11.4 Å². The van der Waals surface area contributed by atoms with Crippen LogP contribution in [0.25, 0.3) is 10.8 Å². The molecule has 3 aromatic rings. The predicted molar refractivity (Wildman–Crippen MR) is 85.7 cm³/mol. The van der Waals surface area contributed by atoms with Gasteiger partial charge in [-0.25, -0.2) is 0 Å². The Hall–Kier alpha value is -2.68. The summed E-state index contributed by atoms with van der Waals surface area (Å²) in [6, 6.07) is 17.4. The molecule has 0 aliphatic heterocycles. The number of phenolic OH excluding ortho intramolecular Hbond substituents is 1. The monoisotopic (exact) mass is 276 g/mol. The lowest BCUT2D eigenvalue weighted by molar-refractivity contribution is 0.477. The van der Waals surface area contributed by atoms with E-state index >= 15 is 0 Å². The molecule has 0 radical (unpaired) electrons. The van der Waals surface area contributed by atoms with Crippen LogP contribution in [0.3, 0.4) is 0 Å². The molecule has 0 aliphatic rings. The van der Waals surface area contributed by atoms with Gasteiger partial charge in [0.2, 0.25) is 0 Å². The summed E-state index contributed by atoms with van der Waals surface area (Å²) in [5, 5.41) is 20.6. The van der Waals surface area contributed by atoms with E-state index < -0.39 is 0 Å². The fourth-order valence-electron chi connectivity index (χ4n) is 2.28. The number of aryl methyl sites for hydroxylation is 2. The molecule has 0 bridgehead atoms. The van der Waals surface area contributed by atoms with Crippen LogP contribution in [0, 0.1) is 13.8 Å². The molecule has 0 heterocycles. The Bertz CT molecular complexity index is 838. The zero-order valence-corrected chi connectivity index (χ0v) is 12.0. The van der Waals surface area contributed by atoms with Crippen molar-refractivity contribution in [3.63, 3.8) is 0 Å². The molecule has 3 aromatic carbocycles. The number of nitrogens with zero attached hydrogens (tertiary/aromatic N) is 2. The average molecular weight is 276 g/mol. The molecular formula is C18H16N2O. The second-order valence-electron chi connectivity index (χ2n) is 5.14. The van der Waals surface area contributed by atoms with Gasteiger partial charge in [-0.3, -0.25) is 0 Å². The van der Waals surface area contributed by atoms with E-state index in [9.17, 15) is 5.11 Å². The quantitative estimate of drug-likeness (QED) is 0.610. The van der Waals surface area contributed by atoms with Crippen molar-refractivity contribution in [2.24, 2.45) is 10.2 Å². The highest BCUT2D eigenvalue weighted by Crippen LogP contribution is 2.36. The maximum Gasteiger partial charge on any atom is 0.143 e. The van der Waals surface area contributed by atoms with Crippen LogP contribution in [0.2, 0.25) is 0 Å². The topological polar surface area (TPSA) is 45.0 Å². The summed E-state index contributed by atoms with van der Waals surface area (Å²) in [4.78, 5) is 0. The number of phenols is 1. The smallest absolute Gasteiger partial charge is 0.143 e. The third kappa shape index (κ3) is 2.63. The molecule has 0 saturated heterocycles. The molecule has 3 rings (SSSR count). The van der Waals surface area contributed by atoms with Crippen LogP contribution in [-0.2, 0) is 0 Å². The van der Waals surface area contributed by atoms with Gasteiger partial charge in [0.05, 0.1) is 5.69 Å². The third-order valence-corrected chi connectivity index (χ3v) is 3.50. The highest BCUT2D eigenvalue weighted by molar-refractivity contribution is 5.95. The van der Waals surface area contributed by atoms with Crippen LogP contribution in [0.1, 0.15) is 11.1 Å². The molecule has 21 heavy (non-hydrogen) atoms. The van der Waals surface area contributed by atoms with Crippen LogP contribution in [0.5, 0.6) is 5.75 Å². The minimum absolute atomic E-state index is 0.141. The van der Waals surface area contributed by atoms with Gasteiger partial charge < -0.3 is 5.11 Å². The van der Waals surface area contributed by atoms with Crippen molar-refractivity contribution in [1.82, 2.24) is 0 Å². The second kappa shape index (κ2) is 5.37. The first-order chi connectivity index (χ1) is 10.1. The molecular weight excluding hydrogens is 260 g/mol. The van der Waals surface area contributed by atoms with Crippen molar-refractivity contribution >= 4 is 22.1 Å². The molecule has 3 heteroatoms. The standard InChI is InChI=1S/C18H16N2O/c1-12-7-8-13(2)16(11-12)19-20-18-15-6-4-3-5-14(15)9-10-17(18)21/h3-11,21H,1-2H3/b20-19+. The van der Waals surface area contributed by atoms with Crippen LogP contribution < -0.4 is 0 Å². The maximum atomic E-state index is 10.1. The fourth-order valence-corrected chi connectivity index (χ4v) is 2.28.